The second kappa shape index (κ2) is 8.12. The van der Waals surface area contributed by atoms with Crippen molar-refractivity contribution in [1.29, 1.82) is 0 Å². The van der Waals surface area contributed by atoms with Gasteiger partial charge in [-0.1, -0.05) is 33.6 Å². The highest BCUT2D eigenvalue weighted by atomic mass is 16.4. The molecule has 5 heteroatoms. The van der Waals surface area contributed by atoms with Gasteiger partial charge in [0, 0.05) is 12.6 Å². The van der Waals surface area contributed by atoms with Crippen molar-refractivity contribution >= 4 is 12.0 Å². The van der Waals surface area contributed by atoms with Gasteiger partial charge in [-0.05, 0) is 31.6 Å². The molecular weight excluding hydrogens is 256 g/mol. The fourth-order valence-electron chi connectivity index (χ4n) is 2.80. The van der Waals surface area contributed by atoms with Gasteiger partial charge in [0.05, 0.1) is 0 Å². The lowest BCUT2D eigenvalue weighted by atomic mass is 9.97. The van der Waals surface area contributed by atoms with Crippen molar-refractivity contribution in [2.24, 2.45) is 5.92 Å². The summed E-state index contributed by atoms with van der Waals surface area (Å²) in [6, 6.07) is -0.743. The van der Waals surface area contributed by atoms with E-state index < -0.39 is 12.0 Å². The smallest absolute Gasteiger partial charge is 0.326 e. The summed E-state index contributed by atoms with van der Waals surface area (Å²) in [6.45, 7) is 6.65. The highest BCUT2D eigenvalue weighted by Gasteiger charge is 2.31. The number of nitrogens with zero attached hydrogens (tertiary/aromatic N) is 1. The molecule has 1 unspecified atom stereocenters. The molecular formula is C15H28N2O3. The number of carbonyl (C=O) groups is 2. The number of hydrogen-bond donors (Lipinski definition) is 2. The number of urea groups is 1. The molecule has 1 fully saturated rings. The largest absolute Gasteiger partial charge is 0.480 e. The van der Waals surface area contributed by atoms with Crippen LogP contribution in [0.5, 0.6) is 0 Å². The minimum Gasteiger partial charge on any atom is -0.480 e. The molecule has 2 amide bonds. The summed E-state index contributed by atoms with van der Waals surface area (Å²) in [5, 5.41) is 12.0. The zero-order valence-corrected chi connectivity index (χ0v) is 12.9. The van der Waals surface area contributed by atoms with Gasteiger partial charge in [0.15, 0.2) is 0 Å². The maximum absolute atomic E-state index is 12.4. The lowest BCUT2D eigenvalue weighted by molar-refractivity contribution is -0.140. The van der Waals surface area contributed by atoms with Gasteiger partial charge in [0.2, 0.25) is 0 Å². The van der Waals surface area contributed by atoms with Crippen LogP contribution in [0.25, 0.3) is 0 Å². The summed E-state index contributed by atoms with van der Waals surface area (Å²) in [6.07, 6.45) is 5.96. The van der Waals surface area contributed by atoms with E-state index in [1.165, 1.54) is 0 Å². The van der Waals surface area contributed by atoms with E-state index in [2.05, 4.69) is 12.2 Å². The minimum absolute atomic E-state index is 0.0640. The van der Waals surface area contributed by atoms with E-state index in [-0.39, 0.29) is 18.0 Å². The summed E-state index contributed by atoms with van der Waals surface area (Å²) in [4.78, 5) is 25.5. The third-order valence-corrected chi connectivity index (χ3v) is 4.27. The van der Waals surface area contributed by atoms with Crippen LogP contribution in [0.4, 0.5) is 4.79 Å². The highest BCUT2D eigenvalue weighted by Crippen LogP contribution is 2.21. The normalized spacial score (nSPS) is 22.1. The van der Waals surface area contributed by atoms with Gasteiger partial charge in [-0.25, -0.2) is 9.59 Å². The van der Waals surface area contributed by atoms with Crippen LogP contribution >= 0.6 is 0 Å². The molecule has 1 saturated heterocycles. The molecule has 1 aliphatic rings. The Kier molecular flexibility index (Phi) is 6.82. The molecule has 5 nitrogen and oxygen atoms in total. The Morgan fingerprint density at radius 3 is 2.60 bits per heavy atom. The van der Waals surface area contributed by atoms with Crippen molar-refractivity contribution < 1.29 is 14.7 Å². The number of carboxylic acid groups (broad SMARTS) is 1. The standard InChI is InChI=1S/C15H28N2O3/c1-4-8-12-9-6-7-10-17(12)15(20)16-13(14(18)19)11(3)5-2/h11-13H,4-10H2,1-3H3,(H,16,20)(H,18,19)/t11-,12?,13-/m0/s1. The zero-order chi connectivity index (χ0) is 15.1. The molecule has 1 heterocycles. The van der Waals surface area contributed by atoms with Crippen molar-refractivity contribution in [2.45, 2.75) is 71.4 Å². The molecule has 1 aliphatic heterocycles. The van der Waals surface area contributed by atoms with Gasteiger partial charge in [0.25, 0.3) is 0 Å². The Hall–Kier alpha value is -1.26. The van der Waals surface area contributed by atoms with E-state index in [9.17, 15) is 14.7 Å². The highest BCUT2D eigenvalue weighted by molar-refractivity contribution is 5.83. The first-order valence-electron chi connectivity index (χ1n) is 7.81. The van der Waals surface area contributed by atoms with Crippen molar-refractivity contribution in [1.82, 2.24) is 10.2 Å². The maximum atomic E-state index is 12.4. The average Bonchev–Trinajstić information content (AvgIpc) is 2.44. The number of amides is 2. The summed E-state index contributed by atoms with van der Waals surface area (Å²) in [7, 11) is 0. The molecule has 0 aliphatic carbocycles. The van der Waals surface area contributed by atoms with E-state index >= 15 is 0 Å². The van der Waals surface area contributed by atoms with E-state index in [1.807, 2.05) is 18.7 Å². The van der Waals surface area contributed by atoms with E-state index in [0.29, 0.717) is 0 Å². The van der Waals surface area contributed by atoms with Gasteiger partial charge in [-0.15, -0.1) is 0 Å². The number of piperidine rings is 1. The molecule has 0 aromatic heterocycles. The van der Waals surface area contributed by atoms with Gasteiger partial charge in [-0.2, -0.15) is 0 Å². The zero-order valence-electron chi connectivity index (χ0n) is 12.9. The van der Waals surface area contributed by atoms with E-state index in [4.69, 9.17) is 0 Å². The summed E-state index contributed by atoms with van der Waals surface area (Å²) in [5.74, 6) is -1.01. The molecule has 2 N–H and O–H groups in total. The van der Waals surface area contributed by atoms with Crippen molar-refractivity contribution in [2.75, 3.05) is 6.54 Å². The molecule has 20 heavy (non-hydrogen) atoms. The van der Waals surface area contributed by atoms with Crippen molar-refractivity contribution in [3.8, 4) is 0 Å². The van der Waals surface area contributed by atoms with Gasteiger partial charge in [0.1, 0.15) is 6.04 Å². The fraction of sp³-hybridized carbons (Fsp3) is 0.867. The quantitative estimate of drug-likeness (QED) is 0.788. The first-order valence-corrected chi connectivity index (χ1v) is 7.81. The monoisotopic (exact) mass is 284 g/mol. The number of aliphatic carboxylic acids is 1. The Labute approximate surface area is 121 Å². The van der Waals surface area contributed by atoms with Crippen LogP contribution in [-0.4, -0.2) is 40.6 Å². The molecule has 0 radical (unpaired) electrons. The Morgan fingerprint density at radius 1 is 1.35 bits per heavy atom. The molecule has 0 saturated carbocycles. The maximum Gasteiger partial charge on any atom is 0.326 e. The van der Waals surface area contributed by atoms with Crippen LogP contribution in [0.3, 0.4) is 0 Å². The van der Waals surface area contributed by atoms with E-state index in [0.717, 1.165) is 45.1 Å². The first-order chi connectivity index (χ1) is 9.51. The number of rotatable bonds is 6. The number of carbonyl (C=O) groups excluding carboxylic acids is 1. The molecule has 0 aromatic rings. The summed E-state index contributed by atoms with van der Waals surface area (Å²) < 4.78 is 0. The van der Waals surface area contributed by atoms with Crippen LogP contribution in [0.2, 0.25) is 0 Å². The predicted molar refractivity (Wildman–Crippen MR) is 78.7 cm³/mol. The van der Waals surface area contributed by atoms with Crippen LogP contribution < -0.4 is 5.32 Å². The second-order valence-corrected chi connectivity index (χ2v) is 5.78. The van der Waals surface area contributed by atoms with Gasteiger partial charge >= 0.3 is 12.0 Å². The molecule has 116 valence electrons. The molecule has 3 atom stereocenters. The summed E-state index contributed by atoms with van der Waals surface area (Å²) in [5.41, 5.74) is 0. The molecule has 1 rings (SSSR count). The van der Waals surface area contributed by atoms with Gasteiger partial charge < -0.3 is 15.3 Å². The predicted octanol–water partition coefficient (Wildman–Crippen LogP) is 2.85. The lowest BCUT2D eigenvalue weighted by Crippen LogP contribution is -2.54. The minimum atomic E-state index is -0.947. The first kappa shape index (κ1) is 16.8. The SMILES string of the molecule is CCCC1CCCCN1C(=O)N[C@H](C(=O)O)[C@@H](C)CC. The van der Waals surface area contributed by atoms with Crippen molar-refractivity contribution in [3.05, 3.63) is 0 Å². The molecule has 0 bridgehead atoms. The number of nitrogens with one attached hydrogen (secondary N) is 1. The van der Waals surface area contributed by atoms with E-state index in [1.54, 1.807) is 0 Å². The fourth-order valence-corrected chi connectivity index (χ4v) is 2.80. The Bertz CT molecular complexity index is 331. The lowest BCUT2D eigenvalue weighted by Gasteiger charge is -2.36. The van der Waals surface area contributed by atoms with Crippen LogP contribution in [-0.2, 0) is 4.79 Å². The molecule has 0 spiro atoms. The van der Waals surface area contributed by atoms with Crippen LogP contribution in [0, 0.1) is 5.92 Å². The number of hydrogen-bond acceptors (Lipinski definition) is 2. The van der Waals surface area contributed by atoms with Crippen LogP contribution in [0.1, 0.15) is 59.3 Å². The Morgan fingerprint density at radius 2 is 2.05 bits per heavy atom. The Balaban J connectivity index is 2.68. The van der Waals surface area contributed by atoms with Crippen molar-refractivity contribution in [3.63, 3.8) is 0 Å². The van der Waals surface area contributed by atoms with Gasteiger partial charge in [-0.3, -0.25) is 0 Å². The molecule has 0 aromatic carbocycles. The second-order valence-electron chi connectivity index (χ2n) is 5.78. The van der Waals surface area contributed by atoms with Crippen LogP contribution in [0.15, 0.2) is 0 Å². The topological polar surface area (TPSA) is 69.6 Å². The summed E-state index contributed by atoms with van der Waals surface area (Å²) >= 11 is 0. The average molecular weight is 284 g/mol. The number of carboxylic acids is 1. The third kappa shape index (κ3) is 4.39. The number of likely N-dealkylation sites (tertiary alicyclic amines) is 1. The third-order valence-electron chi connectivity index (χ3n) is 4.27.